The van der Waals surface area contributed by atoms with Gasteiger partial charge in [-0.15, -0.1) is 0 Å². The third-order valence-corrected chi connectivity index (χ3v) is 5.03. The third-order valence-electron chi connectivity index (χ3n) is 5.03. The molecule has 0 bridgehead atoms. The van der Waals surface area contributed by atoms with Crippen molar-refractivity contribution in [1.29, 1.82) is 0 Å². The van der Waals surface area contributed by atoms with E-state index in [0.717, 1.165) is 18.4 Å². The summed E-state index contributed by atoms with van der Waals surface area (Å²) < 4.78 is 46.4. The number of carbonyl (C=O) groups is 1. The minimum atomic E-state index is -4.71. The number of aromatic nitrogens is 3. The van der Waals surface area contributed by atoms with E-state index in [-0.39, 0.29) is 17.5 Å². The number of nitrogens with zero attached hydrogens (tertiary/aromatic N) is 3. The minimum Gasteiger partial charge on any atom is -0.481 e. The van der Waals surface area contributed by atoms with Gasteiger partial charge in [-0.25, -0.2) is 4.98 Å². The smallest absolute Gasteiger partial charge is 0.421 e. The lowest BCUT2D eigenvalue weighted by Crippen LogP contribution is -2.14. The van der Waals surface area contributed by atoms with Crippen LogP contribution in [0.2, 0.25) is 0 Å². The molecule has 1 aliphatic carbocycles. The zero-order chi connectivity index (χ0) is 25.2. The van der Waals surface area contributed by atoms with Gasteiger partial charge in [0.1, 0.15) is 17.2 Å². The van der Waals surface area contributed by atoms with Crippen molar-refractivity contribution in [3.63, 3.8) is 0 Å². The summed E-state index contributed by atoms with van der Waals surface area (Å²) in [4.78, 5) is 23.8. The predicted molar refractivity (Wildman–Crippen MR) is 127 cm³/mol. The van der Waals surface area contributed by atoms with E-state index in [1.807, 2.05) is 0 Å². The number of pyridine rings is 1. The van der Waals surface area contributed by atoms with E-state index in [1.165, 1.54) is 14.0 Å². The van der Waals surface area contributed by atoms with Crippen LogP contribution in [0.1, 0.15) is 30.9 Å². The Morgan fingerprint density at radius 1 is 1.09 bits per heavy atom. The SMILES string of the molecule is COc1cc(Nc2ncc(C(F)(F)F)c(Nc3ccc(C)cc3NC(C)=O)n2)cc(NC2CC2)n1. The number of methoxy groups -OCH3 is 1. The molecule has 0 unspecified atom stereocenters. The van der Waals surface area contributed by atoms with Crippen LogP contribution in [0.3, 0.4) is 0 Å². The number of carbonyl (C=O) groups excluding carboxylic acids is 1. The Kier molecular flexibility index (Phi) is 6.63. The Bertz CT molecular complexity index is 1250. The number of hydrogen-bond donors (Lipinski definition) is 4. The second-order valence-corrected chi connectivity index (χ2v) is 8.14. The number of anilines is 6. The molecule has 0 atom stereocenters. The molecule has 1 fully saturated rings. The fraction of sp³-hybridized carbons (Fsp3) is 0.304. The van der Waals surface area contributed by atoms with Crippen molar-refractivity contribution in [2.24, 2.45) is 0 Å². The van der Waals surface area contributed by atoms with Gasteiger partial charge in [-0.3, -0.25) is 4.79 Å². The van der Waals surface area contributed by atoms with Gasteiger partial charge in [0.15, 0.2) is 0 Å². The summed E-state index contributed by atoms with van der Waals surface area (Å²) in [7, 11) is 1.47. The van der Waals surface area contributed by atoms with Crippen LogP contribution in [0.5, 0.6) is 5.88 Å². The van der Waals surface area contributed by atoms with Gasteiger partial charge in [-0.2, -0.15) is 23.1 Å². The standard InChI is InChI=1S/C23H24F3N7O2/c1-12-4-7-17(18(8-12)28-13(2)34)31-21-16(23(24,25)26)11-27-22(33-21)30-15-9-19(29-14-5-6-14)32-20(10-15)35-3/h4,7-11,14H,5-6H2,1-3H3,(H,28,34)(H3,27,29,30,31,32,33). The molecule has 4 N–H and O–H groups in total. The number of benzene rings is 1. The number of amides is 1. The van der Waals surface area contributed by atoms with Gasteiger partial charge in [0, 0.05) is 37.0 Å². The normalized spacial score (nSPS) is 13.2. The first kappa shape index (κ1) is 24.0. The zero-order valence-corrected chi connectivity index (χ0v) is 19.2. The molecule has 3 aromatic rings. The summed E-state index contributed by atoms with van der Waals surface area (Å²) in [6, 6.07) is 8.55. The number of rotatable bonds is 8. The van der Waals surface area contributed by atoms with E-state index in [2.05, 4.69) is 36.2 Å². The highest BCUT2D eigenvalue weighted by Gasteiger charge is 2.35. The van der Waals surface area contributed by atoms with Gasteiger partial charge in [-0.1, -0.05) is 6.07 Å². The van der Waals surface area contributed by atoms with Crippen LogP contribution in [0.4, 0.5) is 47.8 Å². The first-order valence-electron chi connectivity index (χ1n) is 10.8. The van der Waals surface area contributed by atoms with E-state index in [1.54, 1.807) is 37.3 Å². The van der Waals surface area contributed by atoms with Crippen molar-refractivity contribution in [2.45, 2.75) is 38.9 Å². The van der Waals surface area contributed by atoms with Crippen LogP contribution in [-0.2, 0) is 11.0 Å². The number of nitrogens with one attached hydrogen (secondary N) is 4. The molecular weight excluding hydrogens is 463 g/mol. The largest absolute Gasteiger partial charge is 0.481 e. The maximum absolute atomic E-state index is 13.7. The van der Waals surface area contributed by atoms with Gasteiger partial charge in [0.25, 0.3) is 0 Å². The van der Waals surface area contributed by atoms with Crippen LogP contribution in [-0.4, -0.2) is 34.0 Å². The van der Waals surface area contributed by atoms with E-state index in [0.29, 0.717) is 35.3 Å². The highest BCUT2D eigenvalue weighted by Crippen LogP contribution is 2.37. The molecule has 12 heteroatoms. The lowest BCUT2D eigenvalue weighted by Gasteiger charge is -2.17. The van der Waals surface area contributed by atoms with E-state index < -0.39 is 17.6 Å². The molecule has 4 rings (SSSR count). The second kappa shape index (κ2) is 9.65. The van der Waals surface area contributed by atoms with Gasteiger partial charge in [-0.05, 0) is 37.5 Å². The fourth-order valence-electron chi connectivity index (χ4n) is 3.25. The van der Waals surface area contributed by atoms with Crippen molar-refractivity contribution in [1.82, 2.24) is 15.0 Å². The maximum atomic E-state index is 13.7. The molecular formula is C23H24F3N7O2. The molecule has 2 aromatic heterocycles. The summed E-state index contributed by atoms with van der Waals surface area (Å²) in [5, 5.41) is 11.5. The topological polar surface area (TPSA) is 113 Å². The first-order chi connectivity index (χ1) is 16.6. The quantitative estimate of drug-likeness (QED) is 0.342. The average Bonchev–Trinajstić information content (AvgIpc) is 3.58. The second-order valence-electron chi connectivity index (χ2n) is 8.14. The Morgan fingerprint density at radius 3 is 2.51 bits per heavy atom. The van der Waals surface area contributed by atoms with Crippen molar-refractivity contribution in [2.75, 3.05) is 28.4 Å². The molecule has 1 saturated carbocycles. The highest BCUT2D eigenvalue weighted by molar-refractivity contribution is 5.93. The number of halogens is 3. The summed E-state index contributed by atoms with van der Waals surface area (Å²) in [6.07, 6.45) is -1.93. The van der Waals surface area contributed by atoms with Gasteiger partial charge < -0.3 is 26.0 Å². The van der Waals surface area contributed by atoms with Gasteiger partial charge in [0.05, 0.1) is 18.5 Å². The Labute approximate surface area is 199 Å². The molecule has 1 aromatic carbocycles. The lowest BCUT2D eigenvalue weighted by molar-refractivity contribution is -0.137. The lowest BCUT2D eigenvalue weighted by atomic mass is 10.1. The maximum Gasteiger partial charge on any atom is 0.421 e. The van der Waals surface area contributed by atoms with E-state index in [4.69, 9.17) is 4.74 Å². The van der Waals surface area contributed by atoms with Gasteiger partial charge in [0.2, 0.25) is 17.7 Å². The summed E-state index contributed by atoms with van der Waals surface area (Å²) >= 11 is 0. The van der Waals surface area contributed by atoms with Gasteiger partial charge >= 0.3 is 6.18 Å². The van der Waals surface area contributed by atoms with Crippen molar-refractivity contribution in [3.8, 4) is 5.88 Å². The molecule has 1 amide bonds. The average molecular weight is 487 g/mol. The first-order valence-corrected chi connectivity index (χ1v) is 10.8. The van der Waals surface area contributed by atoms with Crippen molar-refractivity contribution in [3.05, 3.63) is 47.7 Å². The summed E-state index contributed by atoms with van der Waals surface area (Å²) in [5.41, 5.74) is 0.833. The van der Waals surface area contributed by atoms with E-state index in [9.17, 15) is 18.0 Å². The molecule has 1 aliphatic rings. The zero-order valence-electron chi connectivity index (χ0n) is 19.2. The molecule has 35 heavy (non-hydrogen) atoms. The molecule has 0 aliphatic heterocycles. The third kappa shape index (κ3) is 6.28. The molecule has 184 valence electrons. The number of aryl methyl sites for hydroxylation is 1. The van der Waals surface area contributed by atoms with Crippen molar-refractivity contribution < 1.29 is 22.7 Å². The summed E-state index contributed by atoms with van der Waals surface area (Å²) in [6.45, 7) is 3.12. The minimum absolute atomic E-state index is 0.0701. The van der Waals surface area contributed by atoms with Crippen LogP contribution >= 0.6 is 0 Å². The van der Waals surface area contributed by atoms with Crippen LogP contribution in [0.15, 0.2) is 36.5 Å². The highest BCUT2D eigenvalue weighted by atomic mass is 19.4. The number of hydrogen-bond acceptors (Lipinski definition) is 8. The molecule has 0 radical (unpaired) electrons. The van der Waals surface area contributed by atoms with Crippen molar-refractivity contribution >= 4 is 40.6 Å². The fourth-order valence-corrected chi connectivity index (χ4v) is 3.25. The number of ether oxygens (including phenoxy) is 1. The monoisotopic (exact) mass is 487 g/mol. The summed E-state index contributed by atoms with van der Waals surface area (Å²) in [5.74, 6) is -0.00803. The Morgan fingerprint density at radius 2 is 1.86 bits per heavy atom. The van der Waals surface area contributed by atoms with E-state index >= 15 is 0 Å². The predicted octanol–water partition coefficient (Wildman–Crippen LogP) is 5.23. The molecule has 9 nitrogen and oxygen atoms in total. The van der Waals surface area contributed by atoms with Crippen LogP contribution in [0.25, 0.3) is 0 Å². The Hall–Kier alpha value is -4.09. The molecule has 2 heterocycles. The molecule has 0 spiro atoms. The Balaban J connectivity index is 1.67. The number of alkyl halides is 3. The van der Waals surface area contributed by atoms with Crippen LogP contribution in [0, 0.1) is 6.92 Å². The molecule has 0 saturated heterocycles. The van der Waals surface area contributed by atoms with Crippen LogP contribution < -0.4 is 26.0 Å².